The van der Waals surface area contributed by atoms with Gasteiger partial charge in [0.1, 0.15) is 5.75 Å². The summed E-state index contributed by atoms with van der Waals surface area (Å²) in [5.74, 6) is 0.613. The van der Waals surface area contributed by atoms with Gasteiger partial charge in [0, 0.05) is 6.42 Å². The lowest BCUT2D eigenvalue weighted by Gasteiger charge is -2.09. The average Bonchev–Trinajstić information content (AvgIpc) is 2.36. The number of aryl methyl sites for hydroxylation is 1. The summed E-state index contributed by atoms with van der Waals surface area (Å²) >= 11 is 0. The first-order valence-electron chi connectivity index (χ1n) is 6.78. The lowest BCUT2D eigenvalue weighted by molar-refractivity contribution is -0.143. The molecule has 4 heteroatoms. The predicted molar refractivity (Wildman–Crippen MR) is 76.2 cm³/mol. The maximum Gasteiger partial charge on any atom is 0.305 e. The number of carbonyl (C=O) groups excluding carboxylic acids is 1. The Labute approximate surface area is 114 Å². The molecule has 0 fully saturated rings. The summed E-state index contributed by atoms with van der Waals surface area (Å²) in [5, 5.41) is 0. The highest BCUT2D eigenvalue weighted by Crippen LogP contribution is 2.22. The zero-order valence-corrected chi connectivity index (χ0v) is 11.8. The molecule has 1 rings (SSSR count). The SMILES string of the molecule is CCOC(=O)CCCCCOc1ccc(C)cc1N. The smallest absolute Gasteiger partial charge is 0.305 e. The Morgan fingerprint density at radius 3 is 2.74 bits per heavy atom. The third-order valence-corrected chi connectivity index (χ3v) is 2.75. The van der Waals surface area contributed by atoms with Crippen molar-refractivity contribution in [1.82, 2.24) is 0 Å². The zero-order valence-electron chi connectivity index (χ0n) is 11.8. The highest BCUT2D eigenvalue weighted by Gasteiger charge is 2.02. The molecule has 0 heterocycles. The second-order valence-corrected chi connectivity index (χ2v) is 4.51. The normalized spacial score (nSPS) is 10.2. The van der Waals surface area contributed by atoms with Crippen molar-refractivity contribution in [3.05, 3.63) is 23.8 Å². The minimum absolute atomic E-state index is 0.119. The van der Waals surface area contributed by atoms with Crippen LogP contribution >= 0.6 is 0 Å². The van der Waals surface area contributed by atoms with Crippen LogP contribution in [0.1, 0.15) is 38.2 Å². The van der Waals surface area contributed by atoms with Gasteiger partial charge in [-0.15, -0.1) is 0 Å². The van der Waals surface area contributed by atoms with E-state index in [1.54, 1.807) is 0 Å². The van der Waals surface area contributed by atoms with Gasteiger partial charge in [0.05, 0.1) is 18.9 Å². The molecule has 0 aliphatic rings. The van der Waals surface area contributed by atoms with Gasteiger partial charge < -0.3 is 15.2 Å². The fourth-order valence-corrected chi connectivity index (χ4v) is 1.76. The van der Waals surface area contributed by atoms with E-state index < -0.39 is 0 Å². The second kappa shape index (κ2) is 8.40. The van der Waals surface area contributed by atoms with Crippen molar-refractivity contribution in [3.8, 4) is 5.75 Å². The molecule has 4 nitrogen and oxygen atoms in total. The molecule has 0 aliphatic carbocycles. The van der Waals surface area contributed by atoms with Gasteiger partial charge >= 0.3 is 5.97 Å². The van der Waals surface area contributed by atoms with Crippen molar-refractivity contribution in [2.45, 2.75) is 39.5 Å². The van der Waals surface area contributed by atoms with Gasteiger partial charge in [-0.05, 0) is 50.8 Å². The molecule has 0 saturated heterocycles. The lowest BCUT2D eigenvalue weighted by atomic mass is 10.2. The molecule has 0 aromatic heterocycles. The van der Waals surface area contributed by atoms with E-state index >= 15 is 0 Å². The molecule has 19 heavy (non-hydrogen) atoms. The number of hydrogen-bond donors (Lipinski definition) is 1. The van der Waals surface area contributed by atoms with E-state index in [0.717, 1.165) is 30.6 Å². The number of esters is 1. The Hall–Kier alpha value is -1.71. The standard InChI is InChI=1S/C15H23NO3/c1-3-18-15(17)7-5-4-6-10-19-14-9-8-12(2)11-13(14)16/h8-9,11H,3-7,10,16H2,1-2H3. The van der Waals surface area contributed by atoms with Crippen molar-refractivity contribution >= 4 is 11.7 Å². The lowest BCUT2D eigenvalue weighted by Crippen LogP contribution is -2.04. The Bertz CT molecular complexity index is 404. The zero-order chi connectivity index (χ0) is 14.1. The third kappa shape index (κ3) is 6.13. The molecule has 1 aromatic carbocycles. The van der Waals surface area contributed by atoms with Crippen LogP contribution in [0.2, 0.25) is 0 Å². The van der Waals surface area contributed by atoms with Crippen molar-refractivity contribution < 1.29 is 14.3 Å². The second-order valence-electron chi connectivity index (χ2n) is 4.51. The number of unbranched alkanes of at least 4 members (excludes halogenated alkanes) is 2. The summed E-state index contributed by atoms with van der Waals surface area (Å²) in [6, 6.07) is 5.77. The first-order chi connectivity index (χ1) is 9.13. The molecule has 1 aromatic rings. The summed E-state index contributed by atoms with van der Waals surface area (Å²) in [5.41, 5.74) is 7.65. The van der Waals surface area contributed by atoms with E-state index in [-0.39, 0.29) is 5.97 Å². The van der Waals surface area contributed by atoms with E-state index in [1.807, 2.05) is 32.0 Å². The van der Waals surface area contributed by atoms with Gasteiger partial charge in [0.2, 0.25) is 0 Å². The van der Waals surface area contributed by atoms with Gasteiger partial charge in [0.25, 0.3) is 0 Å². The van der Waals surface area contributed by atoms with Crippen LogP contribution in [0.5, 0.6) is 5.75 Å². The largest absolute Gasteiger partial charge is 0.491 e. The quantitative estimate of drug-likeness (QED) is 0.446. The maximum atomic E-state index is 11.1. The van der Waals surface area contributed by atoms with Gasteiger partial charge in [-0.3, -0.25) is 4.79 Å². The minimum Gasteiger partial charge on any atom is -0.491 e. The molecule has 0 saturated carbocycles. The minimum atomic E-state index is -0.119. The monoisotopic (exact) mass is 265 g/mol. The number of benzene rings is 1. The summed E-state index contributed by atoms with van der Waals surface area (Å²) in [7, 11) is 0. The summed E-state index contributed by atoms with van der Waals surface area (Å²) in [6.45, 7) is 4.89. The fourth-order valence-electron chi connectivity index (χ4n) is 1.76. The van der Waals surface area contributed by atoms with Crippen LogP contribution in [0, 0.1) is 6.92 Å². The molecule has 0 unspecified atom stereocenters. The van der Waals surface area contributed by atoms with E-state index in [1.165, 1.54) is 0 Å². The molecule has 0 radical (unpaired) electrons. The average molecular weight is 265 g/mol. The Balaban J connectivity index is 2.12. The molecular weight excluding hydrogens is 242 g/mol. The van der Waals surface area contributed by atoms with Crippen LogP contribution in [-0.4, -0.2) is 19.2 Å². The molecule has 0 atom stereocenters. The third-order valence-electron chi connectivity index (χ3n) is 2.75. The van der Waals surface area contributed by atoms with Crippen molar-refractivity contribution in [3.63, 3.8) is 0 Å². The highest BCUT2D eigenvalue weighted by molar-refractivity contribution is 5.69. The van der Waals surface area contributed by atoms with E-state index in [4.69, 9.17) is 15.2 Å². The fraction of sp³-hybridized carbons (Fsp3) is 0.533. The summed E-state index contributed by atoms with van der Waals surface area (Å²) < 4.78 is 10.5. The van der Waals surface area contributed by atoms with Gasteiger partial charge in [-0.25, -0.2) is 0 Å². The van der Waals surface area contributed by atoms with Crippen LogP contribution in [0.4, 0.5) is 5.69 Å². The number of carbonyl (C=O) groups is 1. The van der Waals surface area contributed by atoms with Crippen LogP contribution in [0.25, 0.3) is 0 Å². The number of rotatable bonds is 8. The Morgan fingerprint density at radius 1 is 1.26 bits per heavy atom. The van der Waals surface area contributed by atoms with Crippen molar-refractivity contribution in [2.24, 2.45) is 0 Å². The molecule has 106 valence electrons. The van der Waals surface area contributed by atoms with E-state index in [9.17, 15) is 4.79 Å². The molecule has 0 amide bonds. The first-order valence-corrected chi connectivity index (χ1v) is 6.78. The van der Waals surface area contributed by atoms with Crippen LogP contribution in [-0.2, 0) is 9.53 Å². The number of hydrogen-bond acceptors (Lipinski definition) is 4. The molecule has 0 spiro atoms. The summed E-state index contributed by atoms with van der Waals surface area (Å²) in [6.07, 6.45) is 3.18. The highest BCUT2D eigenvalue weighted by atomic mass is 16.5. The Kier molecular flexibility index (Phi) is 6.79. The van der Waals surface area contributed by atoms with Crippen molar-refractivity contribution in [1.29, 1.82) is 0 Å². The van der Waals surface area contributed by atoms with Gasteiger partial charge in [-0.1, -0.05) is 6.07 Å². The van der Waals surface area contributed by atoms with Gasteiger partial charge in [0.15, 0.2) is 0 Å². The number of nitrogens with two attached hydrogens (primary N) is 1. The Morgan fingerprint density at radius 2 is 2.05 bits per heavy atom. The predicted octanol–water partition coefficient (Wildman–Crippen LogP) is 3.08. The number of ether oxygens (including phenoxy) is 2. The van der Waals surface area contributed by atoms with Crippen LogP contribution in [0.3, 0.4) is 0 Å². The maximum absolute atomic E-state index is 11.1. The number of nitrogen functional groups attached to an aromatic ring is 1. The number of anilines is 1. The van der Waals surface area contributed by atoms with Crippen LogP contribution in [0.15, 0.2) is 18.2 Å². The topological polar surface area (TPSA) is 61.5 Å². The van der Waals surface area contributed by atoms with Crippen LogP contribution < -0.4 is 10.5 Å². The molecule has 0 bridgehead atoms. The summed E-state index contributed by atoms with van der Waals surface area (Å²) in [4.78, 5) is 11.1. The van der Waals surface area contributed by atoms with Crippen molar-refractivity contribution in [2.75, 3.05) is 18.9 Å². The van der Waals surface area contributed by atoms with E-state index in [2.05, 4.69) is 0 Å². The van der Waals surface area contributed by atoms with E-state index in [0.29, 0.717) is 25.3 Å². The van der Waals surface area contributed by atoms with Gasteiger partial charge in [-0.2, -0.15) is 0 Å². The molecule has 0 aliphatic heterocycles. The molecule has 2 N–H and O–H groups in total. The molecular formula is C15H23NO3. The first kappa shape index (κ1) is 15.3.